The van der Waals surface area contributed by atoms with E-state index < -0.39 is 0 Å². The molecule has 2 unspecified atom stereocenters. The molecule has 2 aromatic heterocycles. The third kappa shape index (κ3) is 2.74. The van der Waals surface area contributed by atoms with Crippen LogP contribution in [-0.4, -0.2) is 45.5 Å². The van der Waals surface area contributed by atoms with Gasteiger partial charge in [-0.3, -0.25) is 4.79 Å². The lowest BCUT2D eigenvalue weighted by Gasteiger charge is -2.38. The van der Waals surface area contributed by atoms with Crippen LogP contribution in [0.4, 0.5) is 0 Å². The van der Waals surface area contributed by atoms with Gasteiger partial charge in [-0.1, -0.05) is 26.8 Å². The number of rotatable bonds is 1. The molecule has 23 heavy (non-hydrogen) atoms. The van der Waals surface area contributed by atoms with Gasteiger partial charge in [0.15, 0.2) is 5.69 Å². The number of amides is 1. The number of morpholine rings is 1. The number of fused-ring (bicyclic) bond motifs is 1. The van der Waals surface area contributed by atoms with Crippen LogP contribution in [0.25, 0.3) is 5.52 Å². The first kappa shape index (κ1) is 16.0. The molecule has 1 aliphatic rings. The van der Waals surface area contributed by atoms with E-state index in [0.29, 0.717) is 18.9 Å². The molecule has 3 heterocycles. The fraction of sp³-hybridized carbons (Fsp3) is 0.556. The first-order valence-corrected chi connectivity index (χ1v) is 8.18. The van der Waals surface area contributed by atoms with Gasteiger partial charge in [0.25, 0.3) is 5.91 Å². The van der Waals surface area contributed by atoms with Gasteiger partial charge in [0.05, 0.1) is 30.8 Å². The van der Waals surface area contributed by atoms with Crippen molar-refractivity contribution >= 4 is 11.4 Å². The molecule has 5 nitrogen and oxygen atoms in total. The molecule has 1 amide bonds. The molecule has 1 saturated heterocycles. The molecule has 0 spiro atoms. The summed E-state index contributed by atoms with van der Waals surface area (Å²) in [4.78, 5) is 19.8. The Balaban J connectivity index is 2.11. The van der Waals surface area contributed by atoms with Crippen molar-refractivity contribution in [2.45, 2.75) is 52.1 Å². The van der Waals surface area contributed by atoms with E-state index in [4.69, 9.17) is 9.72 Å². The van der Waals surface area contributed by atoms with Crippen molar-refractivity contribution in [1.82, 2.24) is 14.3 Å². The third-order valence-electron chi connectivity index (χ3n) is 4.32. The van der Waals surface area contributed by atoms with Gasteiger partial charge in [0, 0.05) is 11.6 Å². The second-order valence-electron chi connectivity index (χ2n) is 7.44. The lowest BCUT2D eigenvalue weighted by molar-refractivity contribution is -0.0251. The SMILES string of the molecule is CC1COCC(C)N1C(=O)c1nc(C(C)(C)C)n2ccccc12. The fourth-order valence-electron chi connectivity index (χ4n) is 3.25. The monoisotopic (exact) mass is 315 g/mol. The molecule has 124 valence electrons. The van der Waals surface area contributed by atoms with Crippen LogP contribution in [0.2, 0.25) is 0 Å². The number of pyridine rings is 1. The van der Waals surface area contributed by atoms with Crippen molar-refractivity contribution < 1.29 is 9.53 Å². The minimum atomic E-state index is -0.134. The summed E-state index contributed by atoms with van der Waals surface area (Å²) in [6.07, 6.45) is 1.98. The number of imidazole rings is 1. The smallest absolute Gasteiger partial charge is 0.275 e. The number of ether oxygens (including phenoxy) is 1. The van der Waals surface area contributed by atoms with E-state index in [1.54, 1.807) is 0 Å². The summed E-state index contributed by atoms with van der Waals surface area (Å²) in [5.41, 5.74) is 1.27. The maximum Gasteiger partial charge on any atom is 0.275 e. The zero-order valence-electron chi connectivity index (χ0n) is 14.5. The molecule has 0 bridgehead atoms. The minimum absolute atomic E-state index is 0.00694. The molecule has 0 aromatic carbocycles. The van der Waals surface area contributed by atoms with Gasteiger partial charge >= 0.3 is 0 Å². The number of hydrogen-bond donors (Lipinski definition) is 0. The second-order valence-corrected chi connectivity index (χ2v) is 7.44. The molecule has 3 rings (SSSR count). The Kier molecular flexibility index (Phi) is 3.92. The number of carbonyl (C=O) groups is 1. The Labute approximate surface area is 137 Å². The highest BCUT2D eigenvalue weighted by Gasteiger charge is 2.34. The molecule has 0 N–H and O–H groups in total. The van der Waals surface area contributed by atoms with Crippen LogP contribution in [0.1, 0.15) is 50.9 Å². The van der Waals surface area contributed by atoms with Crippen molar-refractivity contribution in [3.8, 4) is 0 Å². The van der Waals surface area contributed by atoms with Crippen LogP contribution in [0.5, 0.6) is 0 Å². The summed E-state index contributed by atoms with van der Waals surface area (Å²) >= 11 is 0. The maximum atomic E-state index is 13.2. The van der Waals surface area contributed by atoms with Gasteiger partial charge in [-0.2, -0.15) is 0 Å². The Morgan fingerprint density at radius 1 is 1.22 bits per heavy atom. The summed E-state index contributed by atoms with van der Waals surface area (Å²) < 4.78 is 7.57. The summed E-state index contributed by atoms with van der Waals surface area (Å²) in [6.45, 7) is 11.5. The first-order valence-electron chi connectivity index (χ1n) is 8.18. The molecule has 0 aliphatic carbocycles. The van der Waals surface area contributed by atoms with Crippen LogP contribution < -0.4 is 0 Å². The summed E-state index contributed by atoms with van der Waals surface area (Å²) in [5.74, 6) is 0.900. The van der Waals surface area contributed by atoms with E-state index in [-0.39, 0.29) is 23.4 Å². The molecule has 5 heteroatoms. The van der Waals surface area contributed by atoms with E-state index in [1.165, 1.54) is 0 Å². The zero-order chi connectivity index (χ0) is 16.8. The summed E-state index contributed by atoms with van der Waals surface area (Å²) in [7, 11) is 0. The topological polar surface area (TPSA) is 46.8 Å². The molecular formula is C18H25N3O2. The van der Waals surface area contributed by atoms with Crippen LogP contribution in [0.15, 0.2) is 24.4 Å². The van der Waals surface area contributed by atoms with Gasteiger partial charge in [-0.05, 0) is 26.0 Å². The predicted molar refractivity (Wildman–Crippen MR) is 89.8 cm³/mol. The van der Waals surface area contributed by atoms with Crippen molar-refractivity contribution in [2.24, 2.45) is 0 Å². The van der Waals surface area contributed by atoms with Crippen molar-refractivity contribution in [3.05, 3.63) is 35.9 Å². The third-order valence-corrected chi connectivity index (χ3v) is 4.32. The maximum absolute atomic E-state index is 13.2. The van der Waals surface area contributed by atoms with Gasteiger partial charge in [-0.25, -0.2) is 4.98 Å². The Morgan fingerprint density at radius 2 is 1.87 bits per heavy atom. The molecule has 1 aliphatic heterocycles. The molecule has 1 fully saturated rings. The van der Waals surface area contributed by atoms with E-state index in [9.17, 15) is 4.79 Å². The average molecular weight is 315 g/mol. The van der Waals surface area contributed by atoms with Crippen LogP contribution in [-0.2, 0) is 10.2 Å². The molecule has 2 aromatic rings. The first-order chi connectivity index (χ1) is 10.8. The van der Waals surface area contributed by atoms with Gasteiger partial charge in [0.1, 0.15) is 5.82 Å². The summed E-state index contributed by atoms with van der Waals surface area (Å²) in [5, 5.41) is 0. The number of hydrogen-bond acceptors (Lipinski definition) is 3. The normalized spacial score (nSPS) is 22.6. The zero-order valence-corrected chi connectivity index (χ0v) is 14.5. The molecule has 0 radical (unpaired) electrons. The largest absolute Gasteiger partial charge is 0.377 e. The molecule has 2 atom stereocenters. The summed E-state index contributed by atoms with van der Waals surface area (Å²) in [6, 6.07) is 6.00. The van der Waals surface area contributed by atoms with Gasteiger partial charge in [-0.15, -0.1) is 0 Å². The number of aromatic nitrogens is 2. The lowest BCUT2D eigenvalue weighted by Crippen LogP contribution is -2.52. The van der Waals surface area contributed by atoms with Crippen LogP contribution >= 0.6 is 0 Å². The van der Waals surface area contributed by atoms with Crippen molar-refractivity contribution in [1.29, 1.82) is 0 Å². The number of carbonyl (C=O) groups excluding carboxylic acids is 1. The van der Waals surface area contributed by atoms with Crippen molar-refractivity contribution in [3.63, 3.8) is 0 Å². The highest BCUT2D eigenvalue weighted by molar-refractivity contribution is 5.99. The van der Waals surface area contributed by atoms with Crippen LogP contribution in [0.3, 0.4) is 0 Å². The van der Waals surface area contributed by atoms with Crippen molar-refractivity contribution in [2.75, 3.05) is 13.2 Å². The molecule has 0 saturated carbocycles. The highest BCUT2D eigenvalue weighted by atomic mass is 16.5. The quantitative estimate of drug-likeness (QED) is 0.813. The Bertz CT molecular complexity index is 719. The van der Waals surface area contributed by atoms with E-state index >= 15 is 0 Å². The minimum Gasteiger partial charge on any atom is -0.377 e. The van der Waals surface area contributed by atoms with Crippen LogP contribution in [0, 0.1) is 0 Å². The van der Waals surface area contributed by atoms with E-state index in [2.05, 4.69) is 20.8 Å². The highest BCUT2D eigenvalue weighted by Crippen LogP contribution is 2.26. The molecular weight excluding hydrogens is 290 g/mol. The van der Waals surface area contributed by atoms with Gasteiger partial charge < -0.3 is 14.0 Å². The second kappa shape index (κ2) is 5.64. The lowest BCUT2D eigenvalue weighted by atomic mass is 9.96. The predicted octanol–water partition coefficient (Wildman–Crippen LogP) is 2.88. The van der Waals surface area contributed by atoms with E-state index in [1.807, 2.05) is 47.5 Å². The van der Waals surface area contributed by atoms with Gasteiger partial charge in [0.2, 0.25) is 0 Å². The average Bonchev–Trinajstić information content (AvgIpc) is 2.86. The standard InChI is InChI=1S/C18H25N3O2/c1-12-10-23-11-13(2)21(12)16(22)15-14-8-6-7-9-20(14)17(19-15)18(3,4)5/h6-9,12-13H,10-11H2,1-5H3. The Hall–Kier alpha value is -1.88. The Morgan fingerprint density at radius 3 is 2.48 bits per heavy atom. The van der Waals surface area contributed by atoms with E-state index in [0.717, 1.165) is 11.3 Å². The fourth-order valence-corrected chi connectivity index (χ4v) is 3.25. The number of nitrogens with zero attached hydrogens (tertiary/aromatic N) is 3.